The summed E-state index contributed by atoms with van der Waals surface area (Å²) in [5.74, 6) is 0. The molecule has 1 aromatic carbocycles. The van der Waals surface area contributed by atoms with Gasteiger partial charge in [0, 0.05) is 19.0 Å². The van der Waals surface area contributed by atoms with Gasteiger partial charge in [0.25, 0.3) is 5.24 Å². The molecule has 3 heteroatoms. The molecule has 0 aliphatic heterocycles. The molecule has 2 nitrogen and oxygen atoms in total. The van der Waals surface area contributed by atoms with Gasteiger partial charge in [0.05, 0.1) is 0 Å². The van der Waals surface area contributed by atoms with Crippen LogP contribution >= 0.6 is 11.8 Å². The van der Waals surface area contributed by atoms with Crippen molar-refractivity contribution >= 4 is 17.0 Å². The van der Waals surface area contributed by atoms with Crippen molar-refractivity contribution in [2.45, 2.75) is 31.1 Å². The second-order valence-corrected chi connectivity index (χ2v) is 6.06. The van der Waals surface area contributed by atoms with Gasteiger partial charge in [-0.25, -0.2) is 0 Å². The zero-order chi connectivity index (χ0) is 12.3. The number of thioether (sulfide) groups is 1. The summed E-state index contributed by atoms with van der Waals surface area (Å²) in [5, 5.41) is 0.0588. The van der Waals surface area contributed by atoms with Gasteiger partial charge in [0.1, 0.15) is 0 Å². The molecule has 0 saturated heterocycles. The second kappa shape index (κ2) is 4.91. The molecule has 0 fully saturated rings. The Hall–Kier alpha value is -0.960. The maximum absolute atomic E-state index is 11.5. The Morgan fingerprint density at radius 2 is 1.62 bits per heavy atom. The molecule has 0 atom stereocenters. The van der Waals surface area contributed by atoms with E-state index in [-0.39, 0.29) is 10.7 Å². The van der Waals surface area contributed by atoms with Crippen LogP contribution in [0.15, 0.2) is 29.2 Å². The molecule has 1 aromatic rings. The third-order valence-corrected chi connectivity index (χ3v) is 3.34. The van der Waals surface area contributed by atoms with Crippen LogP contribution in [0.4, 0.5) is 4.79 Å². The number of nitrogens with zero attached hydrogens (tertiary/aromatic N) is 1. The topological polar surface area (TPSA) is 20.3 Å². The van der Waals surface area contributed by atoms with Gasteiger partial charge in [-0.15, -0.1) is 0 Å². The van der Waals surface area contributed by atoms with Crippen molar-refractivity contribution in [1.82, 2.24) is 4.90 Å². The van der Waals surface area contributed by atoms with E-state index < -0.39 is 0 Å². The minimum Gasteiger partial charge on any atom is -0.339 e. The number of benzene rings is 1. The summed E-state index contributed by atoms with van der Waals surface area (Å²) in [6.45, 7) is 6.54. The lowest BCUT2D eigenvalue weighted by Crippen LogP contribution is -2.16. The summed E-state index contributed by atoms with van der Waals surface area (Å²) < 4.78 is 0. The van der Waals surface area contributed by atoms with Crippen LogP contribution in [-0.2, 0) is 5.41 Å². The molecule has 1 amide bonds. The molecule has 0 aliphatic rings. The van der Waals surface area contributed by atoms with E-state index in [2.05, 4.69) is 32.9 Å². The van der Waals surface area contributed by atoms with Gasteiger partial charge in [-0.2, -0.15) is 0 Å². The molecule has 0 radical (unpaired) electrons. The number of carbonyl (C=O) groups is 1. The maximum atomic E-state index is 11.5. The largest absolute Gasteiger partial charge is 0.339 e. The minimum atomic E-state index is 0.0588. The van der Waals surface area contributed by atoms with E-state index in [4.69, 9.17) is 0 Å². The van der Waals surface area contributed by atoms with Crippen molar-refractivity contribution < 1.29 is 4.79 Å². The highest BCUT2D eigenvalue weighted by atomic mass is 32.2. The van der Waals surface area contributed by atoms with E-state index >= 15 is 0 Å². The lowest BCUT2D eigenvalue weighted by atomic mass is 9.87. The Morgan fingerprint density at radius 1 is 1.12 bits per heavy atom. The van der Waals surface area contributed by atoms with Gasteiger partial charge < -0.3 is 4.90 Å². The predicted octanol–water partition coefficient (Wildman–Crippen LogP) is 3.76. The molecule has 0 N–H and O–H groups in total. The van der Waals surface area contributed by atoms with E-state index in [9.17, 15) is 4.79 Å². The first-order chi connectivity index (χ1) is 7.30. The normalized spacial score (nSPS) is 11.3. The highest BCUT2D eigenvalue weighted by molar-refractivity contribution is 8.13. The van der Waals surface area contributed by atoms with E-state index in [0.29, 0.717) is 0 Å². The van der Waals surface area contributed by atoms with Gasteiger partial charge in [0.15, 0.2) is 0 Å². The Labute approximate surface area is 102 Å². The van der Waals surface area contributed by atoms with Crippen molar-refractivity contribution in [1.29, 1.82) is 0 Å². The summed E-state index contributed by atoms with van der Waals surface area (Å²) in [7, 11) is 3.53. The van der Waals surface area contributed by atoms with Crippen molar-refractivity contribution in [3.63, 3.8) is 0 Å². The summed E-state index contributed by atoms with van der Waals surface area (Å²) in [6.07, 6.45) is 0. The van der Waals surface area contributed by atoms with E-state index in [1.165, 1.54) is 17.3 Å². The Bertz CT molecular complexity index is 363. The second-order valence-electron chi connectivity index (χ2n) is 5.04. The summed E-state index contributed by atoms with van der Waals surface area (Å²) in [4.78, 5) is 14.1. The fourth-order valence-electron chi connectivity index (χ4n) is 1.22. The molecule has 0 aliphatic carbocycles. The average molecular weight is 237 g/mol. The van der Waals surface area contributed by atoms with Crippen LogP contribution in [0.3, 0.4) is 0 Å². The Morgan fingerprint density at radius 3 is 2.00 bits per heavy atom. The van der Waals surface area contributed by atoms with Crippen LogP contribution in [0.2, 0.25) is 0 Å². The van der Waals surface area contributed by atoms with Crippen LogP contribution in [-0.4, -0.2) is 24.2 Å². The Kier molecular flexibility index (Phi) is 4.03. The average Bonchev–Trinajstić information content (AvgIpc) is 2.17. The fraction of sp³-hybridized carbons (Fsp3) is 0.462. The molecule has 88 valence electrons. The zero-order valence-electron chi connectivity index (χ0n) is 10.6. The highest BCUT2D eigenvalue weighted by Crippen LogP contribution is 2.26. The first kappa shape index (κ1) is 13.1. The van der Waals surface area contributed by atoms with Gasteiger partial charge in [-0.3, -0.25) is 4.79 Å². The maximum Gasteiger partial charge on any atom is 0.285 e. The quantitative estimate of drug-likeness (QED) is 0.693. The minimum absolute atomic E-state index is 0.0588. The van der Waals surface area contributed by atoms with Crippen molar-refractivity contribution in [3.8, 4) is 0 Å². The lowest BCUT2D eigenvalue weighted by Gasteiger charge is -2.19. The van der Waals surface area contributed by atoms with Crippen molar-refractivity contribution in [3.05, 3.63) is 29.8 Å². The SMILES string of the molecule is CN(C)C(=O)Sc1ccc(C(C)(C)C)cc1. The number of carbonyl (C=O) groups excluding carboxylic acids is 1. The van der Waals surface area contributed by atoms with Gasteiger partial charge in [-0.1, -0.05) is 32.9 Å². The van der Waals surface area contributed by atoms with E-state index in [1.54, 1.807) is 19.0 Å². The third-order valence-electron chi connectivity index (χ3n) is 2.29. The molecule has 0 unspecified atom stereocenters. The number of hydrogen-bond donors (Lipinski definition) is 0. The van der Waals surface area contributed by atoms with Crippen molar-refractivity contribution in [2.24, 2.45) is 0 Å². The van der Waals surface area contributed by atoms with Gasteiger partial charge in [0.2, 0.25) is 0 Å². The zero-order valence-corrected chi connectivity index (χ0v) is 11.4. The Balaban J connectivity index is 2.76. The summed E-state index contributed by atoms with van der Waals surface area (Å²) in [5.41, 5.74) is 1.45. The lowest BCUT2D eigenvalue weighted by molar-refractivity contribution is 0.241. The molecule has 16 heavy (non-hydrogen) atoms. The van der Waals surface area contributed by atoms with Crippen LogP contribution in [0.5, 0.6) is 0 Å². The first-order valence-electron chi connectivity index (χ1n) is 5.30. The monoisotopic (exact) mass is 237 g/mol. The third kappa shape index (κ3) is 3.56. The number of rotatable bonds is 1. The number of amides is 1. The molecule has 0 heterocycles. The molecule has 0 bridgehead atoms. The van der Waals surface area contributed by atoms with E-state index in [1.807, 2.05) is 12.1 Å². The number of hydrogen-bond acceptors (Lipinski definition) is 2. The standard InChI is InChI=1S/C13H19NOS/c1-13(2,3)10-6-8-11(9-7-10)16-12(15)14(4)5/h6-9H,1-5H3. The fourth-order valence-corrected chi connectivity index (χ4v) is 1.87. The van der Waals surface area contributed by atoms with Crippen LogP contribution in [0, 0.1) is 0 Å². The first-order valence-corrected chi connectivity index (χ1v) is 6.12. The molecule has 0 saturated carbocycles. The molecular weight excluding hydrogens is 218 g/mol. The summed E-state index contributed by atoms with van der Waals surface area (Å²) >= 11 is 1.26. The van der Waals surface area contributed by atoms with Gasteiger partial charge >= 0.3 is 0 Å². The highest BCUT2D eigenvalue weighted by Gasteiger charge is 2.13. The van der Waals surface area contributed by atoms with E-state index in [0.717, 1.165) is 4.90 Å². The molecular formula is C13H19NOS. The van der Waals surface area contributed by atoms with Crippen LogP contribution in [0.1, 0.15) is 26.3 Å². The van der Waals surface area contributed by atoms with Crippen LogP contribution < -0.4 is 0 Å². The summed E-state index contributed by atoms with van der Waals surface area (Å²) in [6, 6.07) is 8.19. The molecule has 0 spiro atoms. The predicted molar refractivity (Wildman–Crippen MR) is 70.1 cm³/mol. The smallest absolute Gasteiger partial charge is 0.285 e. The van der Waals surface area contributed by atoms with Crippen molar-refractivity contribution in [2.75, 3.05) is 14.1 Å². The molecule has 0 aromatic heterocycles. The van der Waals surface area contributed by atoms with Gasteiger partial charge in [-0.05, 0) is 34.9 Å². The van der Waals surface area contributed by atoms with Crippen LogP contribution in [0.25, 0.3) is 0 Å². The molecule has 1 rings (SSSR count).